The SMILES string of the molecule is C[C@@H]1COCCN1C(=O)NC(CCC(=O)O)Cc1ccccc1. The highest BCUT2D eigenvalue weighted by atomic mass is 16.5. The van der Waals surface area contributed by atoms with E-state index in [1.165, 1.54) is 0 Å². The number of urea groups is 1. The molecule has 0 spiro atoms. The van der Waals surface area contributed by atoms with Gasteiger partial charge in [-0.05, 0) is 25.3 Å². The maximum atomic E-state index is 12.5. The Morgan fingerprint density at radius 2 is 2.13 bits per heavy atom. The Morgan fingerprint density at radius 1 is 1.39 bits per heavy atom. The van der Waals surface area contributed by atoms with Crippen LogP contribution in [0.1, 0.15) is 25.3 Å². The van der Waals surface area contributed by atoms with E-state index in [9.17, 15) is 9.59 Å². The summed E-state index contributed by atoms with van der Waals surface area (Å²) in [7, 11) is 0. The van der Waals surface area contributed by atoms with Gasteiger partial charge in [0, 0.05) is 19.0 Å². The fraction of sp³-hybridized carbons (Fsp3) is 0.529. The summed E-state index contributed by atoms with van der Waals surface area (Å²) < 4.78 is 5.34. The van der Waals surface area contributed by atoms with Crippen molar-refractivity contribution >= 4 is 12.0 Å². The molecule has 0 radical (unpaired) electrons. The lowest BCUT2D eigenvalue weighted by atomic mass is 10.0. The monoisotopic (exact) mass is 320 g/mol. The molecule has 1 heterocycles. The molecule has 0 saturated carbocycles. The second-order valence-corrected chi connectivity index (χ2v) is 5.89. The first-order valence-corrected chi connectivity index (χ1v) is 7.97. The minimum Gasteiger partial charge on any atom is -0.481 e. The van der Waals surface area contributed by atoms with E-state index in [0.717, 1.165) is 5.56 Å². The first-order valence-electron chi connectivity index (χ1n) is 7.97. The summed E-state index contributed by atoms with van der Waals surface area (Å²) in [6.07, 6.45) is 1.07. The van der Waals surface area contributed by atoms with Crippen molar-refractivity contribution in [3.8, 4) is 0 Å². The Bertz CT molecular complexity index is 521. The Labute approximate surface area is 136 Å². The largest absolute Gasteiger partial charge is 0.481 e. The van der Waals surface area contributed by atoms with E-state index < -0.39 is 5.97 Å². The number of hydrogen-bond acceptors (Lipinski definition) is 3. The lowest BCUT2D eigenvalue weighted by molar-refractivity contribution is -0.137. The van der Waals surface area contributed by atoms with Crippen molar-refractivity contribution < 1.29 is 19.4 Å². The van der Waals surface area contributed by atoms with Crippen LogP contribution in [0.4, 0.5) is 4.79 Å². The number of nitrogens with one attached hydrogen (secondary N) is 1. The second-order valence-electron chi connectivity index (χ2n) is 5.89. The molecule has 1 saturated heterocycles. The highest BCUT2D eigenvalue weighted by Crippen LogP contribution is 2.11. The van der Waals surface area contributed by atoms with Crippen LogP contribution in [0.3, 0.4) is 0 Å². The van der Waals surface area contributed by atoms with Gasteiger partial charge in [-0.1, -0.05) is 30.3 Å². The minimum atomic E-state index is -0.850. The average Bonchev–Trinajstić information content (AvgIpc) is 2.54. The first-order chi connectivity index (χ1) is 11.1. The summed E-state index contributed by atoms with van der Waals surface area (Å²) in [4.78, 5) is 25.1. The van der Waals surface area contributed by atoms with Crippen LogP contribution in [-0.4, -0.2) is 53.8 Å². The number of benzene rings is 1. The summed E-state index contributed by atoms with van der Waals surface area (Å²) in [5.41, 5.74) is 1.08. The summed E-state index contributed by atoms with van der Waals surface area (Å²) in [5, 5.41) is 11.9. The quantitative estimate of drug-likeness (QED) is 0.839. The number of carbonyl (C=O) groups excluding carboxylic acids is 1. The minimum absolute atomic E-state index is 0.0283. The zero-order chi connectivity index (χ0) is 16.7. The summed E-state index contributed by atoms with van der Waals surface area (Å²) in [5.74, 6) is -0.850. The van der Waals surface area contributed by atoms with Crippen molar-refractivity contribution in [1.82, 2.24) is 10.2 Å². The number of rotatable bonds is 6. The zero-order valence-corrected chi connectivity index (χ0v) is 13.4. The normalized spacial score (nSPS) is 19.2. The third-order valence-corrected chi connectivity index (χ3v) is 3.99. The van der Waals surface area contributed by atoms with E-state index in [-0.39, 0.29) is 24.5 Å². The van der Waals surface area contributed by atoms with Gasteiger partial charge < -0.3 is 20.1 Å². The smallest absolute Gasteiger partial charge is 0.318 e. The van der Waals surface area contributed by atoms with Crippen LogP contribution in [0.25, 0.3) is 0 Å². The number of amides is 2. The number of carbonyl (C=O) groups is 2. The Balaban J connectivity index is 1.98. The van der Waals surface area contributed by atoms with Crippen LogP contribution in [0.2, 0.25) is 0 Å². The molecule has 1 aliphatic rings. The van der Waals surface area contributed by atoms with E-state index in [1.54, 1.807) is 4.90 Å². The molecule has 1 unspecified atom stereocenters. The second kappa shape index (κ2) is 8.53. The predicted molar refractivity (Wildman–Crippen MR) is 86.3 cm³/mol. The molecule has 1 aliphatic heterocycles. The van der Waals surface area contributed by atoms with E-state index in [4.69, 9.17) is 9.84 Å². The number of ether oxygens (including phenoxy) is 1. The summed E-state index contributed by atoms with van der Waals surface area (Å²) in [6, 6.07) is 9.47. The molecule has 2 atom stereocenters. The van der Waals surface area contributed by atoms with E-state index in [1.807, 2.05) is 37.3 Å². The van der Waals surface area contributed by atoms with Crippen LogP contribution in [0.15, 0.2) is 30.3 Å². The van der Waals surface area contributed by atoms with E-state index in [2.05, 4.69) is 5.32 Å². The van der Waals surface area contributed by atoms with Crippen molar-refractivity contribution in [1.29, 1.82) is 0 Å². The van der Waals surface area contributed by atoms with E-state index >= 15 is 0 Å². The number of nitrogens with zero attached hydrogens (tertiary/aromatic N) is 1. The van der Waals surface area contributed by atoms with Crippen LogP contribution >= 0.6 is 0 Å². The van der Waals surface area contributed by atoms with Gasteiger partial charge in [0.1, 0.15) is 0 Å². The molecule has 0 bridgehead atoms. The van der Waals surface area contributed by atoms with Gasteiger partial charge in [-0.2, -0.15) is 0 Å². The topological polar surface area (TPSA) is 78.9 Å². The molecule has 0 aromatic heterocycles. The van der Waals surface area contributed by atoms with Crippen molar-refractivity contribution in [2.24, 2.45) is 0 Å². The van der Waals surface area contributed by atoms with Crippen molar-refractivity contribution in [3.63, 3.8) is 0 Å². The molecule has 1 aromatic carbocycles. The van der Waals surface area contributed by atoms with Crippen LogP contribution in [-0.2, 0) is 16.0 Å². The zero-order valence-electron chi connectivity index (χ0n) is 13.4. The van der Waals surface area contributed by atoms with Crippen LogP contribution < -0.4 is 5.32 Å². The lowest BCUT2D eigenvalue weighted by Crippen LogP contribution is -2.53. The fourth-order valence-corrected chi connectivity index (χ4v) is 2.71. The van der Waals surface area contributed by atoms with Crippen LogP contribution in [0.5, 0.6) is 0 Å². The summed E-state index contributed by atoms with van der Waals surface area (Å²) in [6.45, 7) is 3.58. The Hall–Kier alpha value is -2.08. The molecular formula is C17H24N2O4. The van der Waals surface area contributed by atoms with Gasteiger partial charge in [0.25, 0.3) is 0 Å². The van der Waals surface area contributed by atoms with Gasteiger partial charge in [-0.15, -0.1) is 0 Å². The standard InChI is InChI=1S/C17H24N2O4/c1-13-12-23-10-9-19(13)17(22)18-15(7-8-16(20)21)11-14-5-3-2-4-6-14/h2-6,13,15H,7-12H2,1H3,(H,18,22)(H,20,21)/t13-,15?/m1/s1. The van der Waals surface area contributed by atoms with Gasteiger partial charge in [0.2, 0.25) is 0 Å². The number of carboxylic acid groups (broad SMARTS) is 1. The molecule has 126 valence electrons. The number of carboxylic acids is 1. The molecule has 2 N–H and O–H groups in total. The molecule has 2 amide bonds. The number of aliphatic carboxylic acids is 1. The number of hydrogen-bond donors (Lipinski definition) is 2. The molecule has 23 heavy (non-hydrogen) atoms. The maximum absolute atomic E-state index is 12.5. The molecule has 6 heteroatoms. The number of morpholine rings is 1. The average molecular weight is 320 g/mol. The maximum Gasteiger partial charge on any atom is 0.318 e. The molecule has 0 aliphatic carbocycles. The van der Waals surface area contributed by atoms with Gasteiger partial charge in [-0.25, -0.2) is 4.79 Å². The van der Waals surface area contributed by atoms with Crippen molar-refractivity contribution in [2.75, 3.05) is 19.8 Å². The van der Waals surface area contributed by atoms with Gasteiger partial charge in [-0.3, -0.25) is 4.79 Å². The Kier molecular flexibility index (Phi) is 6.40. The lowest BCUT2D eigenvalue weighted by Gasteiger charge is -2.34. The van der Waals surface area contributed by atoms with Gasteiger partial charge in [0.05, 0.1) is 19.3 Å². The van der Waals surface area contributed by atoms with Crippen molar-refractivity contribution in [3.05, 3.63) is 35.9 Å². The summed E-state index contributed by atoms with van der Waals surface area (Å²) >= 11 is 0. The highest BCUT2D eigenvalue weighted by molar-refractivity contribution is 5.75. The molecule has 1 aromatic rings. The van der Waals surface area contributed by atoms with E-state index in [0.29, 0.717) is 32.6 Å². The third kappa shape index (κ3) is 5.56. The fourth-order valence-electron chi connectivity index (χ4n) is 2.71. The Morgan fingerprint density at radius 3 is 2.78 bits per heavy atom. The first kappa shape index (κ1) is 17.3. The molecule has 6 nitrogen and oxygen atoms in total. The molecular weight excluding hydrogens is 296 g/mol. The molecule has 1 fully saturated rings. The van der Waals surface area contributed by atoms with Gasteiger partial charge >= 0.3 is 12.0 Å². The third-order valence-electron chi connectivity index (χ3n) is 3.99. The highest BCUT2D eigenvalue weighted by Gasteiger charge is 2.25. The van der Waals surface area contributed by atoms with Gasteiger partial charge in [0.15, 0.2) is 0 Å². The van der Waals surface area contributed by atoms with Crippen LogP contribution in [0, 0.1) is 0 Å². The molecule has 2 rings (SSSR count). The predicted octanol–water partition coefficient (Wildman–Crippen LogP) is 1.89. The van der Waals surface area contributed by atoms with Crippen molar-refractivity contribution in [2.45, 2.75) is 38.3 Å².